The van der Waals surface area contributed by atoms with Gasteiger partial charge >= 0.3 is 0 Å². The van der Waals surface area contributed by atoms with E-state index in [-0.39, 0.29) is 11.7 Å². The van der Waals surface area contributed by atoms with Crippen LogP contribution in [0.1, 0.15) is 24.5 Å². The van der Waals surface area contributed by atoms with Crippen LogP contribution in [-0.4, -0.2) is 12.0 Å². The minimum atomic E-state index is -0.596. The minimum absolute atomic E-state index is 0.186. The van der Waals surface area contributed by atoms with Crippen molar-refractivity contribution < 1.29 is 18.7 Å². The molecular formula is C24H23ClFNO3. The zero-order valence-corrected chi connectivity index (χ0v) is 17.4. The lowest BCUT2D eigenvalue weighted by Gasteiger charge is -2.17. The van der Waals surface area contributed by atoms with E-state index in [9.17, 15) is 9.18 Å². The number of halogens is 2. The van der Waals surface area contributed by atoms with Crippen LogP contribution in [0, 0.1) is 5.82 Å². The standard InChI is InChI=1S/C24H23ClFNO3/c1-2-23(30-22-5-3-4-19(25)14-22)24(28)27-15-17-8-12-21(13-9-17)29-16-18-6-10-20(26)11-7-18/h3-14,23H,2,15-16H2,1H3,(H,27,28)/t23-/m1/s1. The highest BCUT2D eigenvalue weighted by atomic mass is 35.5. The first-order valence-electron chi connectivity index (χ1n) is 9.69. The van der Waals surface area contributed by atoms with Crippen LogP contribution in [-0.2, 0) is 17.9 Å². The number of hydrogen-bond acceptors (Lipinski definition) is 3. The van der Waals surface area contributed by atoms with Crippen LogP contribution in [0.3, 0.4) is 0 Å². The molecule has 3 aromatic rings. The van der Waals surface area contributed by atoms with E-state index in [1.54, 1.807) is 36.4 Å². The quantitative estimate of drug-likeness (QED) is 0.488. The van der Waals surface area contributed by atoms with E-state index in [1.165, 1.54) is 12.1 Å². The van der Waals surface area contributed by atoms with E-state index in [0.717, 1.165) is 11.1 Å². The third kappa shape index (κ3) is 6.49. The van der Waals surface area contributed by atoms with Crippen LogP contribution in [0.5, 0.6) is 11.5 Å². The van der Waals surface area contributed by atoms with Crippen molar-refractivity contribution in [2.45, 2.75) is 32.6 Å². The molecule has 0 heterocycles. The molecule has 0 aromatic heterocycles. The smallest absolute Gasteiger partial charge is 0.261 e. The first kappa shape index (κ1) is 21.7. The summed E-state index contributed by atoms with van der Waals surface area (Å²) in [5.74, 6) is 0.805. The molecule has 0 aliphatic heterocycles. The Labute approximate surface area is 180 Å². The number of rotatable bonds is 9. The molecule has 30 heavy (non-hydrogen) atoms. The highest BCUT2D eigenvalue weighted by Crippen LogP contribution is 2.19. The third-order valence-electron chi connectivity index (χ3n) is 4.45. The van der Waals surface area contributed by atoms with E-state index in [1.807, 2.05) is 31.2 Å². The Morgan fingerprint density at radius 3 is 2.37 bits per heavy atom. The van der Waals surface area contributed by atoms with Crippen LogP contribution in [0.4, 0.5) is 4.39 Å². The van der Waals surface area contributed by atoms with Gasteiger partial charge in [-0.25, -0.2) is 4.39 Å². The number of carbonyl (C=O) groups excluding carboxylic acids is 1. The van der Waals surface area contributed by atoms with Gasteiger partial charge in [-0.05, 0) is 60.0 Å². The van der Waals surface area contributed by atoms with Crippen LogP contribution >= 0.6 is 11.6 Å². The number of benzene rings is 3. The third-order valence-corrected chi connectivity index (χ3v) is 4.68. The fourth-order valence-corrected chi connectivity index (χ4v) is 2.96. The topological polar surface area (TPSA) is 47.6 Å². The van der Waals surface area contributed by atoms with Crippen molar-refractivity contribution in [1.29, 1.82) is 0 Å². The van der Waals surface area contributed by atoms with E-state index in [2.05, 4.69) is 5.32 Å². The minimum Gasteiger partial charge on any atom is -0.489 e. The van der Waals surface area contributed by atoms with Crippen LogP contribution in [0.2, 0.25) is 5.02 Å². The Hall–Kier alpha value is -3.05. The Morgan fingerprint density at radius 2 is 1.70 bits per heavy atom. The van der Waals surface area contributed by atoms with Crippen LogP contribution in [0.15, 0.2) is 72.8 Å². The molecular weight excluding hydrogens is 405 g/mol. The molecule has 0 bridgehead atoms. The zero-order valence-electron chi connectivity index (χ0n) is 16.6. The molecule has 1 atom stereocenters. The predicted molar refractivity (Wildman–Crippen MR) is 115 cm³/mol. The van der Waals surface area contributed by atoms with Gasteiger partial charge in [0.05, 0.1) is 0 Å². The summed E-state index contributed by atoms with van der Waals surface area (Å²) in [7, 11) is 0. The molecule has 0 aliphatic rings. The molecule has 3 aromatic carbocycles. The van der Waals surface area contributed by atoms with Crippen molar-refractivity contribution >= 4 is 17.5 Å². The SMILES string of the molecule is CC[C@@H](Oc1cccc(Cl)c1)C(=O)NCc1ccc(OCc2ccc(F)cc2)cc1. The normalized spacial score (nSPS) is 11.6. The van der Waals surface area contributed by atoms with Gasteiger partial charge in [-0.1, -0.05) is 48.9 Å². The molecule has 1 amide bonds. The number of nitrogens with one attached hydrogen (secondary N) is 1. The molecule has 0 fully saturated rings. The van der Waals surface area contributed by atoms with Gasteiger partial charge in [0.15, 0.2) is 6.10 Å². The summed E-state index contributed by atoms with van der Waals surface area (Å²) in [6.45, 7) is 2.63. The number of carbonyl (C=O) groups is 1. The maximum absolute atomic E-state index is 12.9. The Kier molecular flexibility index (Phi) is 7.69. The average molecular weight is 428 g/mol. The fraction of sp³-hybridized carbons (Fsp3) is 0.208. The Morgan fingerprint density at radius 1 is 1.00 bits per heavy atom. The first-order chi connectivity index (χ1) is 14.5. The van der Waals surface area contributed by atoms with Gasteiger partial charge in [-0.2, -0.15) is 0 Å². The number of hydrogen-bond donors (Lipinski definition) is 1. The van der Waals surface area contributed by atoms with E-state index >= 15 is 0 Å². The molecule has 0 saturated carbocycles. The molecule has 0 radical (unpaired) electrons. The largest absolute Gasteiger partial charge is 0.489 e. The zero-order chi connectivity index (χ0) is 21.3. The summed E-state index contributed by atoms with van der Waals surface area (Å²) in [6.07, 6.45) is -0.0594. The highest BCUT2D eigenvalue weighted by Gasteiger charge is 2.18. The van der Waals surface area contributed by atoms with Gasteiger partial charge in [0.25, 0.3) is 5.91 Å². The van der Waals surface area contributed by atoms with Crippen LogP contribution in [0.25, 0.3) is 0 Å². The molecule has 3 rings (SSSR count). The molecule has 0 aliphatic carbocycles. The maximum Gasteiger partial charge on any atom is 0.261 e. The van der Waals surface area contributed by atoms with Gasteiger partial charge in [-0.3, -0.25) is 4.79 Å². The fourth-order valence-electron chi connectivity index (χ4n) is 2.78. The number of amides is 1. The van der Waals surface area contributed by atoms with E-state index in [4.69, 9.17) is 21.1 Å². The molecule has 6 heteroatoms. The second kappa shape index (κ2) is 10.6. The second-order valence-electron chi connectivity index (χ2n) is 6.75. The molecule has 4 nitrogen and oxygen atoms in total. The summed E-state index contributed by atoms with van der Waals surface area (Å²) < 4.78 is 24.4. The molecule has 0 spiro atoms. The van der Waals surface area contributed by atoms with Crippen LogP contribution < -0.4 is 14.8 Å². The molecule has 1 N–H and O–H groups in total. The highest BCUT2D eigenvalue weighted by molar-refractivity contribution is 6.30. The molecule has 156 valence electrons. The Balaban J connectivity index is 1.48. The summed E-state index contributed by atoms with van der Waals surface area (Å²) in [6, 6.07) is 20.6. The first-order valence-corrected chi connectivity index (χ1v) is 10.1. The van der Waals surface area contributed by atoms with Gasteiger partial charge in [0.2, 0.25) is 0 Å². The number of ether oxygens (including phenoxy) is 2. The van der Waals surface area contributed by atoms with E-state index < -0.39 is 6.10 Å². The lowest BCUT2D eigenvalue weighted by Crippen LogP contribution is -2.37. The summed E-state index contributed by atoms with van der Waals surface area (Å²) in [4.78, 5) is 12.5. The van der Waals surface area contributed by atoms with Gasteiger partial charge < -0.3 is 14.8 Å². The van der Waals surface area contributed by atoms with Gasteiger partial charge in [0, 0.05) is 11.6 Å². The maximum atomic E-state index is 12.9. The lowest BCUT2D eigenvalue weighted by atomic mass is 10.2. The lowest BCUT2D eigenvalue weighted by molar-refractivity contribution is -0.128. The molecule has 0 unspecified atom stereocenters. The van der Waals surface area contributed by atoms with Gasteiger partial charge in [-0.15, -0.1) is 0 Å². The van der Waals surface area contributed by atoms with Gasteiger partial charge in [0.1, 0.15) is 23.9 Å². The Bertz CT molecular complexity index is 961. The summed E-state index contributed by atoms with van der Waals surface area (Å²) in [5.41, 5.74) is 1.83. The van der Waals surface area contributed by atoms with Crippen molar-refractivity contribution in [3.05, 3.63) is 94.8 Å². The second-order valence-corrected chi connectivity index (χ2v) is 7.19. The summed E-state index contributed by atoms with van der Waals surface area (Å²) in [5, 5.41) is 3.45. The van der Waals surface area contributed by atoms with E-state index in [0.29, 0.717) is 36.1 Å². The van der Waals surface area contributed by atoms with Crippen molar-refractivity contribution in [1.82, 2.24) is 5.32 Å². The van der Waals surface area contributed by atoms with Crippen molar-refractivity contribution in [3.8, 4) is 11.5 Å². The average Bonchev–Trinajstić information content (AvgIpc) is 2.76. The van der Waals surface area contributed by atoms with Crippen molar-refractivity contribution in [2.75, 3.05) is 0 Å². The predicted octanol–water partition coefficient (Wildman–Crippen LogP) is 5.53. The van der Waals surface area contributed by atoms with Crippen molar-refractivity contribution in [2.24, 2.45) is 0 Å². The summed E-state index contributed by atoms with van der Waals surface area (Å²) >= 11 is 5.96. The van der Waals surface area contributed by atoms with Crippen molar-refractivity contribution in [3.63, 3.8) is 0 Å². The monoisotopic (exact) mass is 427 g/mol. The molecule has 0 saturated heterocycles.